The first-order valence-electron chi connectivity index (χ1n) is 7.34. The molecule has 7 nitrogen and oxygen atoms in total. The molecule has 0 aromatic carbocycles. The first kappa shape index (κ1) is 13.0. The fourth-order valence-electron chi connectivity index (χ4n) is 3.06. The highest BCUT2D eigenvalue weighted by Crippen LogP contribution is 2.19. The Bertz CT molecular complexity index is 849. The van der Waals surface area contributed by atoms with Crippen LogP contribution in [0, 0.1) is 6.92 Å². The van der Waals surface area contributed by atoms with Gasteiger partial charge in [0, 0.05) is 30.6 Å². The number of rotatable bonds is 2. The summed E-state index contributed by atoms with van der Waals surface area (Å²) in [5, 5.41) is 10.2. The van der Waals surface area contributed by atoms with E-state index in [-0.39, 0.29) is 11.9 Å². The van der Waals surface area contributed by atoms with Crippen molar-refractivity contribution in [1.82, 2.24) is 29.9 Å². The molecule has 0 fully saturated rings. The third kappa shape index (κ3) is 2.05. The molecule has 7 heteroatoms. The minimum absolute atomic E-state index is 0.106. The van der Waals surface area contributed by atoms with Gasteiger partial charge in [-0.15, -0.1) is 0 Å². The van der Waals surface area contributed by atoms with E-state index < -0.39 is 0 Å². The quantitative estimate of drug-likeness (QED) is 0.740. The number of H-pyrrole nitrogens is 1. The van der Waals surface area contributed by atoms with Gasteiger partial charge in [0.15, 0.2) is 0 Å². The lowest BCUT2D eigenvalue weighted by Gasteiger charge is -2.22. The Labute approximate surface area is 126 Å². The summed E-state index contributed by atoms with van der Waals surface area (Å²) in [5.74, 6) is 0.440. The molecule has 1 atom stereocenters. The molecule has 112 valence electrons. The van der Waals surface area contributed by atoms with E-state index in [1.165, 1.54) is 5.56 Å². The lowest BCUT2D eigenvalue weighted by molar-refractivity contribution is 0.0927. The molecule has 0 unspecified atom stereocenters. The van der Waals surface area contributed by atoms with Gasteiger partial charge in [0.2, 0.25) is 5.78 Å². The smallest absolute Gasteiger partial charge is 0.270 e. The molecule has 0 spiro atoms. The molecular formula is C15H16N6O. The molecule has 0 radical (unpaired) electrons. The van der Waals surface area contributed by atoms with Gasteiger partial charge in [-0.3, -0.25) is 14.3 Å². The Balaban J connectivity index is 1.58. The maximum Gasteiger partial charge on any atom is 0.270 e. The molecule has 1 aliphatic carbocycles. The summed E-state index contributed by atoms with van der Waals surface area (Å²) in [5.41, 5.74) is 3.61. The van der Waals surface area contributed by atoms with Crippen LogP contribution in [0.25, 0.3) is 5.78 Å². The summed E-state index contributed by atoms with van der Waals surface area (Å²) in [6, 6.07) is 1.91. The average Bonchev–Trinajstić information content (AvgIpc) is 3.09. The molecule has 0 saturated carbocycles. The Morgan fingerprint density at radius 1 is 1.50 bits per heavy atom. The molecule has 0 saturated heterocycles. The van der Waals surface area contributed by atoms with Crippen LogP contribution in [-0.2, 0) is 12.8 Å². The van der Waals surface area contributed by atoms with Crippen molar-refractivity contribution in [3.05, 3.63) is 47.3 Å². The van der Waals surface area contributed by atoms with Gasteiger partial charge in [0.05, 0.1) is 11.9 Å². The zero-order chi connectivity index (χ0) is 15.1. The minimum Gasteiger partial charge on any atom is -0.348 e. The number of carbonyl (C=O) groups excluding carboxylic acids is 1. The number of nitrogens with one attached hydrogen (secondary N) is 2. The zero-order valence-corrected chi connectivity index (χ0v) is 12.2. The number of fused-ring (bicyclic) bond motifs is 2. The lowest BCUT2D eigenvalue weighted by Crippen LogP contribution is -2.39. The largest absolute Gasteiger partial charge is 0.348 e. The van der Waals surface area contributed by atoms with Gasteiger partial charge in [-0.05, 0) is 31.4 Å². The molecule has 0 bridgehead atoms. The van der Waals surface area contributed by atoms with Crippen LogP contribution in [0.15, 0.2) is 24.7 Å². The van der Waals surface area contributed by atoms with Crippen molar-refractivity contribution in [2.75, 3.05) is 0 Å². The van der Waals surface area contributed by atoms with E-state index in [9.17, 15) is 4.79 Å². The van der Waals surface area contributed by atoms with Gasteiger partial charge in [-0.1, -0.05) is 0 Å². The van der Waals surface area contributed by atoms with E-state index >= 15 is 0 Å². The minimum atomic E-state index is -0.106. The van der Waals surface area contributed by atoms with Crippen LogP contribution in [-0.4, -0.2) is 36.5 Å². The van der Waals surface area contributed by atoms with E-state index in [0.29, 0.717) is 17.2 Å². The topological polar surface area (TPSA) is 88.0 Å². The Morgan fingerprint density at radius 3 is 3.32 bits per heavy atom. The normalized spacial score (nSPS) is 17.4. The molecular weight excluding hydrogens is 280 g/mol. The highest BCUT2D eigenvalue weighted by Gasteiger charge is 2.24. The molecule has 3 aromatic heterocycles. The Kier molecular flexibility index (Phi) is 2.92. The molecule has 1 amide bonds. The number of amides is 1. The summed E-state index contributed by atoms with van der Waals surface area (Å²) in [6.45, 7) is 1.83. The molecule has 4 rings (SSSR count). The maximum atomic E-state index is 12.6. The second kappa shape index (κ2) is 4.94. The second-order valence-corrected chi connectivity index (χ2v) is 5.62. The number of nitrogens with zero attached hydrogens (tertiary/aromatic N) is 4. The molecule has 3 heterocycles. The van der Waals surface area contributed by atoms with Crippen LogP contribution in [0.3, 0.4) is 0 Å². The van der Waals surface area contributed by atoms with E-state index in [4.69, 9.17) is 0 Å². The Hall–Kier alpha value is -2.70. The first-order chi connectivity index (χ1) is 10.7. The summed E-state index contributed by atoms with van der Waals surface area (Å²) in [7, 11) is 0. The highest BCUT2D eigenvalue weighted by atomic mass is 16.2. The van der Waals surface area contributed by atoms with Gasteiger partial charge in [0.25, 0.3) is 5.91 Å². The lowest BCUT2D eigenvalue weighted by atomic mass is 9.93. The van der Waals surface area contributed by atoms with Crippen molar-refractivity contribution in [3.63, 3.8) is 0 Å². The van der Waals surface area contributed by atoms with Crippen molar-refractivity contribution >= 4 is 11.7 Å². The number of carbonyl (C=O) groups is 1. The van der Waals surface area contributed by atoms with E-state index in [2.05, 4.69) is 25.5 Å². The maximum absolute atomic E-state index is 12.6. The van der Waals surface area contributed by atoms with Gasteiger partial charge in [-0.2, -0.15) is 5.10 Å². The van der Waals surface area contributed by atoms with Gasteiger partial charge >= 0.3 is 0 Å². The fourth-order valence-corrected chi connectivity index (χ4v) is 3.06. The predicted octanol–water partition coefficient (Wildman–Crippen LogP) is 1.05. The van der Waals surface area contributed by atoms with Crippen molar-refractivity contribution in [3.8, 4) is 0 Å². The highest BCUT2D eigenvalue weighted by molar-refractivity contribution is 5.94. The SMILES string of the molecule is Cc1nc2ncccn2c1C(=O)N[C@H]1CCc2cn[nH]c2C1. The Morgan fingerprint density at radius 2 is 2.41 bits per heavy atom. The fraction of sp³-hybridized carbons (Fsp3) is 0.333. The number of aryl methyl sites for hydroxylation is 2. The van der Waals surface area contributed by atoms with Crippen LogP contribution in [0.4, 0.5) is 0 Å². The van der Waals surface area contributed by atoms with Crippen LogP contribution < -0.4 is 5.32 Å². The van der Waals surface area contributed by atoms with Gasteiger partial charge < -0.3 is 5.32 Å². The summed E-state index contributed by atoms with van der Waals surface area (Å²) < 4.78 is 1.73. The molecule has 2 N–H and O–H groups in total. The zero-order valence-electron chi connectivity index (χ0n) is 12.2. The average molecular weight is 296 g/mol. The van der Waals surface area contributed by atoms with Crippen molar-refractivity contribution in [2.45, 2.75) is 32.2 Å². The molecule has 1 aliphatic rings. The van der Waals surface area contributed by atoms with Gasteiger partial charge in [-0.25, -0.2) is 9.97 Å². The predicted molar refractivity (Wildman–Crippen MR) is 79.6 cm³/mol. The third-order valence-corrected chi connectivity index (χ3v) is 4.15. The standard InChI is InChI=1S/C15H16N6O/c1-9-13(21-6-2-5-16-15(21)18-9)14(22)19-11-4-3-10-8-17-20-12(10)7-11/h2,5-6,8,11H,3-4,7H2,1H3,(H,17,20)(H,19,22)/t11-/m0/s1. The summed E-state index contributed by atoms with van der Waals surface area (Å²) in [6.07, 6.45) is 8.00. The van der Waals surface area contributed by atoms with E-state index in [1.807, 2.05) is 19.3 Å². The van der Waals surface area contributed by atoms with E-state index in [1.54, 1.807) is 16.7 Å². The number of aromatic nitrogens is 5. The van der Waals surface area contributed by atoms with Crippen molar-refractivity contribution < 1.29 is 4.79 Å². The molecule has 3 aromatic rings. The summed E-state index contributed by atoms with van der Waals surface area (Å²) in [4.78, 5) is 21.1. The van der Waals surface area contributed by atoms with Crippen LogP contribution in [0.5, 0.6) is 0 Å². The number of imidazole rings is 1. The molecule has 22 heavy (non-hydrogen) atoms. The van der Waals surface area contributed by atoms with Crippen LogP contribution in [0.2, 0.25) is 0 Å². The van der Waals surface area contributed by atoms with Gasteiger partial charge in [0.1, 0.15) is 5.69 Å². The third-order valence-electron chi connectivity index (χ3n) is 4.15. The monoisotopic (exact) mass is 296 g/mol. The van der Waals surface area contributed by atoms with Crippen molar-refractivity contribution in [2.24, 2.45) is 0 Å². The first-order valence-corrected chi connectivity index (χ1v) is 7.34. The number of aromatic amines is 1. The molecule has 0 aliphatic heterocycles. The van der Waals surface area contributed by atoms with Crippen LogP contribution in [0.1, 0.15) is 33.9 Å². The van der Waals surface area contributed by atoms with Crippen molar-refractivity contribution in [1.29, 1.82) is 0 Å². The second-order valence-electron chi connectivity index (χ2n) is 5.62. The van der Waals surface area contributed by atoms with E-state index in [0.717, 1.165) is 25.0 Å². The van der Waals surface area contributed by atoms with Crippen LogP contribution >= 0.6 is 0 Å². The summed E-state index contributed by atoms with van der Waals surface area (Å²) >= 11 is 0. The number of hydrogen-bond acceptors (Lipinski definition) is 4. The number of hydrogen-bond donors (Lipinski definition) is 2.